The van der Waals surface area contributed by atoms with E-state index in [-0.39, 0.29) is 11.9 Å². The van der Waals surface area contributed by atoms with E-state index in [1.807, 2.05) is 11.8 Å². The van der Waals surface area contributed by atoms with Gasteiger partial charge in [-0.1, -0.05) is 15.9 Å². The average molecular weight is 325 g/mol. The molecule has 1 unspecified atom stereocenters. The van der Waals surface area contributed by atoms with Gasteiger partial charge in [-0.2, -0.15) is 0 Å². The molecule has 2 aliphatic heterocycles. The number of piperazine rings is 1. The molecule has 19 heavy (non-hydrogen) atoms. The van der Waals surface area contributed by atoms with Gasteiger partial charge in [-0.15, -0.1) is 0 Å². The summed E-state index contributed by atoms with van der Waals surface area (Å²) >= 11 is 3.54. The monoisotopic (exact) mass is 324 g/mol. The zero-order chi connectivity index (χ0) is 13.4. The van der Waals surface area contributed by atoms with Crippen molar-refractivity contribution in [2.75, 3.05) is 19.7 Å². The molecule has 0 spiro atoms. The van der Waals surface area contributed by atoms with Crippen LogP contribution in [0, 0.1) is 0 Å². The van der Waals surface area contributed by atoms with Crippen molar-refractivity contribution in [1.82, 2.24) is 10.2 Å². The molecule has 0 aromatic heterocycles. The maximum absolute atomic E-state index is 12.1. The fourth-order valence-corrected chi connectivity index (χ4v) is 3.27. The van der Waals surface area contributed by atoms with E-state index in [0.29, 0.717) is 6.54 Å². The second kappa shape index (κ2) is 5.13. The highest BCUT2D eigenvalue weighted by molar-refractivity contribution is 9.10. The number of benzene rings is 1. The molecule has 1 aromatic carbocycles. The van der Waals surface area contributed by atoms with Crippen molar-refractivity contribution < 1.29 is 9.53 Å². The zero-order valence-corrected chi connectivity index (χ0v) is 12.5. The number of amides is 1. The molecule has 0 radical (unpaired) electrons. The number of rotatable bonds is 2. The minimum atomic E-state index is -0.0881. The number of halogens is 1. The summed E-state index contributed by atoms with van der Waals surface area (Å²) < 4.78 is 6.77. The molecule has 1 saturated heterocycles. The summed E-state index contributed by atoms with van der Waals surface area (Å²) in [6.45, 7) is 4.89. The third-order valence-corrected chi connectivity index (χ3v) is 4.16. The second-order valence-corrected chi connectivity index (χ2v) is 6.00. The first-order valence-corrected chi connectivity index (χ1v) is 7.41. The number of carbonyl (C=O) groups excluding carboxylic acids is 1. The molecular weight excluding hydrogens is 308 g/mol. The maximum atomic E-state index is 12.1. The minimum Gasteiger partial charge on any atom is -0.493 e. The molecule has 0 saturated carbocycles. The Morgan fingerprint density at radius 2 is 2.37 bits per heavy atom. The molecular formula is C14H17BrN2O2. The summed E-state index contributed by atoms with van der Waals surface area (Å²) in [6, 6.07) is 4.08. The predicted molar refractivity (Wildman–Crippen MR) is 76.2 cm³/mol. The summed E-state index contributed by atoms with van der Waals surface area (Å²) in [7, 11) is 0. The third kappa shape index (κ3) is 2.49. The molecule has 1 N–H and O–H groups in total. The Hall–Kier alpha value is -1.07. The van der Waals surface area contributed by atoms with Crippen LogP contribution < -0.4 is 10.1 Å². The number of nitrogens with one attached hydrogen (secondary N) is 1. The molecule has 1 fully saturated rings. The summed E-state index contributed by atoms with van der Waals surface area (Å²) in [6.07, 6.45) is 0.952. The number of ether oxygens (including phenoxy) is 1. The third-order valence-electron chi connectivity index (χ3n) is 3.70. The maximum Gasteiger partial charge on any atom is 0.239 e. The highest BCUT2D eigenvalue weighted by Crippen LogP contribution is 2.33. The van der Waals surface area contributed by atoms with Crippen molar-refractivity contribution in [3.05, 3.63) is 27.7 Å². The van der Waals surface area contributed by atoms with Crippen LogP contribution in [0.4, 0.5) is 0 Å². The number of carbonyl (C=O) groups is 1. The molecule has 0 aliphatic carbocycles. The van der Waals surface area contributed by atoms with Gasteiger partial charge in [-0.25, -0.2) is 0 Å². The quantitative estimate of drug-likeness (QED) is 0.900. The van der Waals surface area contributed by atoms with E-state index < -0.39 is 0 Å². The number of hydrogen-bond acceptors (Lipinski definition) is 3. The van der Waals surface area contributed by atoms with Crippen LogP contribution in [0.3, 0.4) is 0 Å². The van der Waals surface area contributed by atoms with Gasteiger partial charge < -0.3 is 15.0 Å². The van der Waals surface area contributed by atoms with Gasteiger partial charge in [0.2, 0.25) is 5.91 Å². The van der Waals surface area contributed by atoms with Gasteiger partial charge in [0.05, 0.1) is 12.6 Å². The Kier molecular flexibility index (Phi) is 3.50. The highest BCUT2D eigenvalue weighted by atomic mass is 79.9. The van der Waals surface area contributed by atoms with Crippen LogP contribution >= 0.6 is 15.9 Å². The average Bonchev–Trinajstić information content (AvgIpc) is 2.83. The Labute approximate surface area is 121 Å². The predicted octanol–water partition coefficient (Wildman–Crippen LogP) is 1.70. The lowest BCUT2D eigenvalue weighted by molar-refractivity contribution is -0.135. The van der Waals surface area contributed by atoms with Gasteiger partial charge in [0.15, 0.2) is 0 Å². The SMILES string of the molecule is CC1NCCN(Cc2cc(Br)cc3c2OCC3)C1=O. The molecule has 102 valence electrons. The first kappa shape index (κ1) is 12.9. The van der Waals surface area contributed by atoms with E-state index in [0.717, 1.165) is 41.9 Å². The van der Waals surface area contributed by atoms with E-state index in [1.54, 1.807) is 0 Å². The first-order chi connectivity index (χ1) is 9.15. The molecule has 4 nitrogen and oxygen atoms in total. The van der Waals surface area contributed by atoms with Gasteiger partial charge in [0, 0.05) is 36.1 Å². The van der Waals surface area contributed by atoms with Crippen molar-refractivity contribution in [2.45, 2.75) is 25.9 Å². The van der Waals surface area contributed by atoms with E-state index in [1.165, 1.54) is 5.56 Å². The van der Waals surface area contributed by atoms with E-state index >= 15 is 0 Å². The fraction of sp³-hybridized carbons (Fsp3) is 0.500. The van der Waals surface area contributed by atoms with Gasteiger partial charge in [0.1, 0.15) is 5.75 Å². The van der Waals surface area contributed by atoms with Gasteiger partial charge in [-0.05, 0) is 24.6 Å². The molecule has 2 heterocycles. The lowest BCUT2D eigenvalue weighted by Gasteiger charge is -2.32. The lowest BCUT2D eigenvalue weighted by atomic mass is 10.1. The van der Waals surface area contributed by atoms with Crippen LogP contribution in [0.25, 0.3) is 0 Å². The van der Waals surface area contributed by atoms with Crippen molar-refractivity contribution in [2.24, 2.45) is 0 Å². The fourth-order valence-electron chi connectivity index (χ4n) is 2.71. The minimum absolute atomic E-state index is 0.0881. The van der Waals surface area contributed by atoms with Crippen LogP contribution in [0.15, 0.2) is 16.6 Å². The van der Waals surface area contributed by atoms with E-state index in [2.05, 4.69) is 33.4 Å². The van der Waals surface area contributed by atoms with Crippen LogP contribution in [0.2, 0.25) is 0 Å². The van der Waals surface area contributed by atoms with Crippen molar-refractivity contribution in [3.8, 4) is 5.75 Å². The number of fused-ring (bicyclic) bond motifs is 1. The Morgan fingerprint density at radius 1 is 1.53 bits per heavy atom. The lowest BCUT2D eigenvalue weighted by Crippen LogP contribution is -2.53. The van der Waals surface area contributed by atoms with Crippen molar-refractivity contribution in [1.29, 1.82) is 0 Å². The number of hydrogen-bond donors (Lipinski definition) is 1. The highest BCUT2D eigenvalue weighted by Gasteiger charge is 2.26. The van der Waals surface area contributed by atoms with E-state index in [9.17, 15) is 4.79 Å². The van der Waals surface area contributed by atoms with Crippen molar-refractivity contribution >= 4 is 21.8 Å². The standard InChI is InChI=1S/C14H17BrN2O2/c1-9-14(18)17(4-3-16-9)8-11-7-12(15)6-10-2-5-19-13(10)11/h6-7,9,16H,2-5,8H2,1H3. The summed E-state index contributed by atoms with van der Waals surface area (Å²) in [5.41, 5.74) is 2.34. The van der Waals surface area contributed by atoms with Crippen LogP contribution in [-0.2, 0) is 17.8 Å². The molecule has 0 bridgehead atoms. The zero-order valence-electron chi connectivity index (χ0n) is 10.9. The second-order valence-electron chi connectivity index (χ2n) is 5.09. The van der Waals surface area contributed by atoms with Gasteiger partial charge >= 0.3 is 0 Å². The first-order valence-electron chi connectivity index (χ1n) is 6.61. The molecule has 1 atom stereocenters. The number of nitrogens with zero attached hydrogens (tertiary/aromatic N) is 1. The normalized spacial score (nSPS) is 22.3. The van der Waals surface area contributed by atoms with Crippen LogP contribution in [-0.4, -0.2) is 36.5 Å². The van der Waals surface area contributed by atoms with Gasteiger partial charge in [-0.3, -0.25) is 4.79 Å². The van der Waals surface area contributed by atoms with Crippen LogP contribution in [0.1, 0.15) is 18.1 Å². The molecule has 3 rings (SSSR count). The molecule has 1 aromatic rings. The van der Waals surface area contributed by atoms with Gasteiger partial charge in [0.25, 0.3) is 0 Å². The molecule has 5 heteroatoms. The summed E-state index contributed by atoms with van der Waals surface area (Å²) in [5.74, 6) is 1.14. The topological polar surface area (TPSA) is 41.6 Å². The summed E-state index contributed by atoms with van der Waals surface area (Å²) in [4.78, 5) is 14.0. The van der Waals surface area contributed by atoms with Crippen molar-refractivity contribution in [3.63, 3.8) is 0 Å². The Bertz CT molecular complexity index is 518. The Morgan fingerprint density at radius 3 is 3.21 bits per heavy atom. The van der Waals surface area contributed by atoms with Crippen LogP contribution in [0.5, 0.6) is 5.75 Å². The molecule has 1 amide bonds. The Balaban J connectivity index is 1.85. The smallest absolute Gasteiger partial charge is 0.239 e. The summed E-state index contributed by atoms with van der Waals surface area (Å²) in [5, 5.41) is 3.18. The van der Waals surface area contributed by atoms with E-state index in [4.69, 9.17) is 4.74 Å². The molecule has 2 aliphatic rings. The largest absolute Gasteiger partial charge is 0.493 e.